The van der Waals surface area contributed by atoms with Gasteiger partial charge < -0.3 is 15.0 Å². The third-order valence-corrected chi connectivity index (χ3v) is 6.72. The van der Waals surface area contributed by atoms with Crippen molar-refractivity contribution in [1.29, 1.82) is 0 Å². The lowest BCUT2D eigenvalue weighted by atomic mass is 10.0. The molecule has 0 unspecified atom stereocenters. The van der Waals surface area contributed by atoms with Gasteiger partial charge in [-0.05, 0) is 47.4 Å². The van der Waals surface area contributed by atoms with Crippen LogP contribution in [0, 0.1) is 5.92 Å². The van der Waals surface area contributed by atoms with Crippen LogP contribution in [0.4, 0.5) is 0 Å². The first-order valence-electron chi connectivity index (χ1n) is 11.7. The van der Waals surface area contributed by atoms with Gasteiger partial charge >= 0.3 is 0 Å². The van der Waals surface area contributed by atoms with Crippen molar-refractivity contribution in [2.45, 2.75) is 32.9 Å². The molecule has 0 aliphatic rings. The summed E-state index contributed by atoms with van der Waals surface area (Å²) in [6.07, 6.45) is 0.379. The summed E-state index contributed by atoms with van der Waals surface area (Å²) in [5.41, 5.74) is 1.86. The van der Waals surface area contributed by atoms with Gasteiger partial charge in [-0.25, -0.2) is 0 Å². The number of ether oxygens (including phenoxy) is 1. The quantitative estimate of drug-likeness (QED) is 0.256. The summed E-state index contributed by atoms with van der Waals surface area (Å²) >= 11 is 13.2. The van der Waals surface area contributed by atoms with Gasteiger partial charge in [-0.3, -0.25) is 9.59 Å². The Bertz CT molecular complexity index is 1170. The summed E-state index contributed by atoms with van der Waals surface area (Å²) in [5, 5.41) is 3.41. The van der Waals surface area contributed by atoms with E-state index in [0.717, 1.165) is 20.1 Å². The van der Waals surface area contributed by atoms with Crippen LogP contribution >= 0.6 is 43.5 Å². The zero-order valence-electron chi connectivity index (χ0n) is 20.2. The molecule has 0 saturated heterocycles. The van der Waals surface area contributed by atoms with Crippen LogP contribution in [0.5, 0.6) is 5.75 Å². The Morgan fingerprint density at radius 3 is 2.31 bits per heavy atom. The number of amides is 2. The molecule has 36 heavy (non-hydrogen) atoms. The Kier molecular flexibility index (Phi) is 10.8. The average molecular weight is 637 g/mol. The molecular formula is C28H29Br2ClN2O3. The van der Waals surface area contributed by atoms with Gasteiger partial charge in [0.2, 0.25) is 5.91 Å². The highest BCUT2D eigenvalue weighted by Crippen LogP contribution is 2.28. The van der Waals surface area contributed by atoms with E-state index in [1.165, 1.54) is 0 Å². The molecule has 190 valence electrons. The molecule has 0 aliphatic heterocycles. The number of hydrogen-bond donors (Lipinski definition) is 1. The largest absolute Gasteiger partial charge is 0.482 e. The second kappa shape index (κ2) is 13.8. The van der Waals surface area contributed by atoms with Crippen LogP contribution < -0.4 is 10.1 Å². The second-order valence-electron chi connectivity index (χ2n) is 8.86. The number of hydrogen-bond acceptors (Lipinski definition) is 3. The molecule has 3 rings (SSSR count). The number of carbonyl (C=O) groups excluding carboxylic acids is 2. The third-order valence-electron chi connectivity index (χ3n) is 5.44. The number of rotatable bonds is 11. The van der Waals surface area contributed by atoms with Crippen LogP contribution in [0.25, 0.3) is 0 Å². The zero-order chi connectivity index (χ0) is 26.1. The Labute approximate surface area is 234 Å². The van der Waals surface area contributed by atoms with Gasteiger partial charge in [0.1, 0.15) is 11.8 Å². The molecule has 2 amide bonds. The topological polar surface area (TPSA) is 58.6 Å². The summed E-state index contributed by atoms with van der Waals surface area (Å²) in [5.74, 6) is 0.176. The standard InChI is InChI=1S/C28H29Br2ClN2O3/c1-19(2)16-32-28(35)25(14-20-7-4-3-5-8-20)33(17-21-9-6-10-22(29)13-21)27(34)18-36-26-12-11-23(30)15-24(26)31/h3-13,15,19,25H,14,16-18H2,1-2H3,(H,32,35)/t25-/m0/s1. The van der Waals surface area contributed by atoms with Crippen molar-refractivity contribution in [1.82, 2.24) is 10.2 Å². The van der Waals surface area contributed by atoms with Gasteiger partial charge in [-0.15, -0.1) is 0 Å². The van der Waals surface area contributed by atoms with E-state index in [4.69, 9.17) is 16.3 Å². The number of halogens is 3. The fraction of sp³-hybridized carbons (Fsp3) is 0.286. The van der Waals surface area contributed by atoms with Crippen molar-refractivity contribution in [3.8, 4) is 5.75 Å². The van der Waals surface area contributed by atoms with E-state index in [0.29, 0.717) is 23.7 Å². The Hall–Kier alpha value is -2.35. The highest BCUT2D eigenvalue weighted by molar-refractivity contribution is 9.10. The number of carbonyl (C=O) groups is 2. The van der Waals surface area contributed by atoms with E-state index in [9.17, 15) is 9.59 Å². The fourth-order valence-electron chi connectivity index (χ4n) is 3.62. The van der Waals surface area contributed by atoms with Crippen LogP contribution in [0.3, 0.4) is 0 Å². The minimum atomic E-state index is -0.721. The van der Waals surface area contributed by atoms with Crippen LogP contribution in [0.15, 0.2) is 81.7 Å². The predicted molar refractivity (Wildman–Crippen MR) is 151 cm³/mol. The molecule has 0 aliphatic carbocycles. The van der Waals surface area contributed by atoms with Gasteiger partial charge in [0.25, 0.3) is 5.91 Å². The van der Waals surface area contributed by atoms with Crippen LogP contribution in [0.1, 0.15) is 25.0 Å². The van der Waals surface area contributed by atoms with Crippen molar-refractivity contribution >= 4 is 55.3 Å². The monoisotopic (exact) mass is 634 g/mol. The number of nitrogens with zero attached hydrogens (tertiary/aromatic N) is 1. The molecule has 3 aromatic carbocycles. The normalized spacial score (nSPS) is 11.7. The summed E-state index contributed by atoms with van der Waals surface area (Å²) in [6.45, 7) is 4.59. The first kappa shape index (κ1) is 28.2. The van der Waals surface area contributed by atoms with Crippen LogP contribution in [-0.2, 0) is 22.6 Å². The maximum Gasteiger partial charge on any atom is 0.261 e. The lowest BCUT2D eigenvalue weighted by molar-refractivity contribution is -0.142. The summed E-state index contributed by atoms with van der Waals surface area (Å²) in [7, 11) is 0. The summed E-state index contributed by atoms with van der Waals surface area (Å²) < 4.78 is 7.50. The Morgan fingerprint density at radius 2 is 1.64 bits per heavy atom. The van der Waals surface area contributed by atoms with Crippen molar-refractivity contribution < 1.29 is 14.3 Å². The van der Waals surface area contributed by atoms with E-state index < -0.39 is 6.04 Å². The lowest BCUT2D eigenvalue weighted by Gasteiger charge is -2.31. The highest BCUT2D eigenvalue weighted by atomic mass is 79.9. The average Bonchev–Trinajstić information content (AvgIpc) is 2.84. The lowest BCUT2D eigenvalue weighted by Crippen LogP contribution is -2.52. The minimum absolute atomic E-state index is 0.197. The fourth-order valence-corrected chi connectivity index (χ4v) is 4.80. The SMILES string of the molecule is CC(C)CNC(=O)[C@H](Cc1ccccc1)N(Cc1cccc(Br)c1)C(=O)COc1ccc(Br)cc1Cl. The van der Waals surface area contributed by atoms with E-state index in [1.807, 2.05) is 68.4 Å². The van der Waals surface area contributed by atoms with Crippen molar-refractivity contribution in [3.05, 3.63) is 97.9 Å². The third kappa shape index (κ3) is 8.64. The Balaban J connectivity index is 1.91. The molecule has 5 nitrogen and oxygen atoms in total. The molecule has 3 aromatic rings. The Morgan fingerprint density at radius 1 is 0.944 bits per heavy atom. The predicted octanol–water partition coefficient (Wildman–Crippen LogP) is 6.66. The molecule has 8 heteroatoms. The van der Waals surface area contributed by atoms with E-state index >= 15 is 0 Å². The molecule has 1 atom stereocenters. The second-order valence-corrected chi connectivity index (χ2v) is 11.1. The van der Waals surface area contributed by atoms with Gasteiger partial charge in [-0.1, -0.05) is 99.8 Å². The van der Waals surface area contributed by atoms with E-state index in [1.54, 1.807) is 23.1 Å². The van der Waals surface area contributed by atoms with Gasteiger partial charge in [0.15, 0.2) is 6.61 Å². The molecule has 0 aromatic heterocycles. The first-order valence-corrected chi connectivity index (χ1v) is 13.6. The first-order chi connectivity index (χ1) is 17.2. The van der Waals surface area contributed by atoms with Gasteiger partial charge in [0, 0.05) is 28.5 Å². The molecular weight excluding hydrogens is 608 g/mol. The molecule has 1 N–H and O–H groups in total. The van der Waals surface area contributed by atoms with Gasteiger partial charge in [-0.2, -0.15) is 0 Å². The molecule has 0 radical (unpaired) electrons. The molecule has 0 heterocycles. The van der Waals surface area contributed by atoms with Crippen LogP contribution in [0.2, 0.25) is 5.02 Å². The van der Waals surface area contributed by atoms with Gasteiger partial charge in [0.05, 0.1) is 5.02 Å². The molecule has 0 bridgehead atoms. The molecule has 0 spiro atoms. The number of nitrogens with one attached hydrogen (secondary N) is 1. The zero-order valence-corrected chi connectivity index (χ0v) is 24.1. The summed E-state index contributed by atoms with van der Waals surface area (Å²) in [4.78, 5) is 28.6. The molecule has 0 fully saturated rings. The number of benzene rings is 3. The summed E-state index contributed by atoms with van der Waals surface area (Å²) in [6, 6.07) is 21.9. The smallest absolute Gasteiger partial charge is 0.261 e. The van der Waals surface area contributed by atoms with E-state index in [-0.39, 0.29) is 30.9 Å². The maximum absolute atomic E-state index is 13.6. The van der Waals surface area contributed by atoms with Crippen molar-refractivity contribution in [3.63, 3.8) is 0 Å². The van der Waals surface area contributed by atoms with Crippen molar-refractivity contribution in [2.24, 2.45) is 5.92 Å². The molecule has 0 saturated carbocycles. The van der Waals surface area contributed by atoms with Crippen molar-refractivity contribution in [2.75, 3.05) is 13.2 Å². The minimum Gasteiger partial charge on any atom is -0.482 e. The van der Waals surface area contributed by atoms with E-state index in [2.05, 4.69) is 37.2 Å². The highest BCUT2D eigenvalue weighted by Gasteiger charge is 2.31. The maximum atomic E-state index is 13.6. The van der Waals surface area contributed by atoms with Crippen LogP contribution in [-0.4, -0.2) is 35.9 Å².